The van der Waals surface area contributed by atoms with Crippen molar-refractivity contribution < 1.29 is 12.6 Å². The second-order valence-electron chi connectivity index (χ2n) is 12.0. The van der Waals surface area contributed by atoms with Crippen molar-refractivity contribution in [1.29, 1.82) is 0 Å². The Morgan fingerprint density at radius 2 is 0.590 bits per heavy atom. The summed E-state index contributed by atoms with van der Waals surface area (Å²) in [7, 11) is -3.32. The molecule has 0 aromatic heterocycles. The Labute approximate surface area is 269 Å². The van der Waals surface area contributed by atoms with Crippen LogP contribution in [-0.4, -0.2) is 50.3 Å². The van der Waals surface area contributed by atoms with Crippen LogP contribution in [0.1, 0.15) is 206 Å². The number of hydrogen-bond acceptors (Lipinski definition) is 3. The Balaban J connectivity index is 0. The molecule has 0 bridgehead atoms. The molecule has 0 aliphatic rings. The zero-order valence-corrected chi connectivity index (χ0v) is 27.1. The van der Waals surface area contributed by atoms with Crippen LogP contribution in [-0.2, 0) is 14.3 Å². The molecule has 0 N–H and O–H groups in total. The van der Waals surface area contributed by atoms with Crippen LogP contribution < -0.4 is 0 Å². The van der Waals surface area contributed by atoms with E-state index in [2.05, 4.69) is 13.8 Å². The van der Waals surface area contributed by atoms with E-state index in [0.717, 1.165) is 32.1 Å². The van der Waals surface area contributed by atoms with Crippen LogP contribution in [0.25, 0.3) is 0 Å². The molecule has 0 atom stereocenters. The van der Waals surface area contributed by atoms with Gasteiger partial charge in [0.15, 0.2) is 0 Å². The van der Waals surface area contributed by atoms with Gasteiger partial charge in [-0.1, -0.05) is 194 Å². The summed E-state index contributed by atoms with van der Waals surface area (Å²) in [6.07, 6.45) is 39.2. The van der Waals surface area contributed by atoms with Gasteiger partial charge in [-0.3, -0.25) is 4.18 Å². The first-order chi connectivity index (χ1) is 18.6. The Hall–Kier alpha value is 0.910. The summed E-state index contributed by atoms with van der Waals surface area (Å²) in [5.74, 6) is 0.198. The second-order valence-corrected chi connectivity index (χ2v) is 13.7. The molecule has 0 amide bonds. The van der Waals surface area contributed by atoms with Crippen molar-refractivity contribution in [3.63, 3.8) is 0 Å². The molecule has 0 aliphatic carbocycles. The summed E-state index contributed by atoms with van der Waals surface area (Å²) in [5, 5.41) is 0. The summed E-state index contributed by atoms with van der Waals surface area (Å²) in [5.41, 5.74) is 0. The summed E-state index contributed by atoms with van der Waals surface area (Å²) in [6, 6.07) is 0. The first-order valence-electron chi connectivity index (χ1n) is 17.5. The predicted molar refractivity (Wildman–Crippen MR) is 177 cm³/mol. The van der Waals surface area contributed by atoms with Crippen molar-refractivity contribution in [1.82, 2.24) is 0 Å². The minimum atomic E-state index is -3.32. The van der Waals surface area contributed by atoms with Gasteiger partial charge in [0, 0.05) is 0 Å². The summed E-state index contributed by atoms with van der Waals surface area (Å²) in [4.78, 5) is 0. The molecule has 0 saturated heterocycles. The maximum absolute atomic E-state index is 12.1. The third-order valence-corrected chi connectivity index (χ3v) is 9.32. The summed E-state index contributed by atoms with van der Waals surface area (Å²) < 4.78 is 29.4. The van der Waals surface area contributed by atoms with Crippen molar-refractivity contribution in [3.8, 4) is 0 Å². The molecule has 39 heavy (non-hydrogen) atoms. The summed E-state index contributed by atoms with van der Waals surface area (Å²) in [6.45, 7) is 4.93. The molecule has 0 radical (unpaired) electrons. The quantitative estimate of drug-likeness (QED) is 0.0439. The van der Waals surface area contributed by atoms with Gasteiger partial charge in [-0.05, 0) is 12.8 Å². The van der Waals surface area contributed by atoms with Gasteiger partial charge in [0.1, 0.15) is 0 Å². The number of hydrogen-bond donors (Lipinski definition) is 0. The SMILES string of the molecule is CCCCCCCCCCCCCCCCCCS(=O)(=O)OCCCCCCCCCCCCCCCC.[NaH]. The van der Waals surface area contributed by atoms with Crippen molar-refractivity contribution in [2.45, 2.75) is 206 Å². The fourth-order valence-electron chi connectivity index (χ4n) is 5.37. The Bertz CT molecular complexity index is 539. The predicted octanol–water partition coefficient (Wildman–Crippen LogP) is 11.4. The van der Waals surface area contributed by atoms with E-state index in [0.29, 0.717) is 6.61 Å². The fourth-order valence-corrected chi connectivity index (χ4v) is 6.42. The van der Waals surface area contributed by atoms with Crippen molar-refractivity contribution in [2.24, 2.45) is 0 Å². The molecule has 0 heterocycles. The van der Waals surface area contributed by atoms with E-state index in [1.54, 1.807) is 0 Å². The van der Waals surface area contributed by atoms with Crippen LogP contribution in [0, 0.1) is 0 Å². The van der Waals surface area contributed by atoms with E-state index < -0.39 is 10.1 Å². The van der Waals surface area contributed by atoms with Gasteiger partial charge in [0.05, 0.1) is 12.4 Å². The molecule has 0 unspecified atom stereocenters. The Morgan fingerprint density at radius 1 is 0.359 bits per heavy atom. The van der Waals surface area contributed by atoms with Crippen LogP contribution in [0.2, 0.25) is 0 Å². The molecule has 0 rings (SSSR count). The van der Waals surface area contributed by atoms with Gasteiger partial charge in [0.2, 0.25) is 0 Å². The van der Waals surface area contributed by atoms with E-state index in [1.165, 1.54) is 161 Å². The molecule has 0 aromatic rings. The van der Waals surface area contributed by atoms with Crippen LogP contribution in [0.15, 0.2) is 0 Å². The van der Waals surface area contributed by atoms with Crippen molar-refractivity contribution in [3.05, 3.63) is 0 Å². The average molecular weight is 583 g/mol. The zero-order chi connectivity index (χ0) is 27.8. The van der Waals surface area contributed by atoms with Crippen LogP contribution >= 0.6 is 0 Å². The van der Waals surface area contributed by atoms with Gasteiger partial charge in [0.25, 0.3) is 10.1 Å². The Kier molecular flexibility index (Phi) is 37.8. The van der Waals surface area contributed by atoms with E-state index in [-0.39, 0.29) is 35.3 Å². The molecule has 5 heteroatoms. The van der Waals surface area contributed by atoms with Crippen molar-refractivity contribution >= 4 is 39.7 Å². The normalized spacial score (nSPS) is 11.6. The molecule has 232 valence electrons. The van der Waals surface area contributed by atoms with Gasteiger partial charge >= 0.3 is 29.6 Å². The van der Waals surface area contributed by atoms with Gasteiger partial charge in [-0.15, -0.1) is 0 Å². The van der Waals surface area contributed by atoms with Gasteiger partial charge in [-0.2, -0.15) is 8.42 Å². The van der Waals surface area contributed by atoms with Crippen LogP contribution in [0.5, 0.6) is 0 Å². The maximum atomic E-state index is 12.1. The second kappa shape index (κ2) is 35.1. The van der Waals surface area contributed by atoms with Gasteiger partial charge in [-0.25, -0.2) is 0 Å². The Morgan fingerprint density at radius 3 is 0.872 bits per heavy atom. The zero-order valence-electron chi connectivity index (χ0n) is 26.3. The van der Waals surface area contributed by atoms with Crippen molar-refractivity contribution in [2.75, 3.05) is 12.4 Å². The molecule has 0 saturated carbocycles. The average Bonchev–Trinajstić information content (AvgIpc) is 2.90. The van der Waals surface area contributed by atoms with E-state index in [4.69, 9.17) is 4.18 Å². The molecule has 0 aliphatic heterocycles. The molecule has 3 nitrogen and oxygen atoms in total. The minimum absolute atomic E-state index is 0. The van der Waals surface area contributed by atoms with E-state index in [1.807, 2.05) is 0 Å². The molecule has 0 fully saturated rings. The molecule has 0 aromatic carbocycles. The monoisotopic (exact) mass is 583 g/mol. The molecular formula is C34H71NaO3S. The summed E-state index contributed by atoms with van der Waals surface area (Å²) >= 11 is 0. The standard InChI is InChI=1S/C34H70O3S.Na.H/c1-3-5-7-9-11-13-15-17-19-20-22-24-26-28-30-32-34-38(35,36)37-33-31-29-27-25-23-21-18-16-14-12-10-8-6-4-2;;/h3-34H2,1-2H3;;. The number of unbranched alkanes of at least 4 members (excludes halogenated alkanes) is 28. The molecular weight excluding hydrogens is 511 g/mol. The van der Waals surface area contributed by atoms with E-state index >= 15 is 0 Å². The first-order valence-corrected chi connectivity index (χ1v) is 19.1. The third kappa shape index (κ3) is 36.9. The first kappa shape index (κ1) is 42.0. The third-order valence-electron chi connectivity index (χ3n) is 8.01. The van der Waals surface area contributed by atoms with Gasteiger partial charge < -0.3 is 0 Å². The molecule has 0 spiro atoms. The topological polar surface area (TPSA) is 43.4 Å². The van der Waals surface area contributed by atoms with E-state index in [9.17, 15) is 8.42 Å². The fraction of sp³-hybridized carbons (Fsp3) is 1.00. The van der Waals surface area contributed by atoms with Crippen LogP contribution in [0.3, 0.4) is 0 Å². The van der Waals surface area contributed by atoms with Crippen LogP contribution in [0.4, 0.5) is 0 Å². The number of rotatable bonds is 33.